The van der Waals surface area contributed by atoms with E-state index in [0.717, 1.165) is 11.1 Å². The van der Waals surface area contributed by atoms with Crippen molar-refractivity contribution in [2.24, 2.45) is 0 Å². The third-order valence-corrected chi connectivity index (χ3v) is 3.77. The molecule has 2 rings (SSSR count). The third kappa shape index (κ3) is 5.85. The van der Waals surface area contributed by atoms with Gasteiger partial charge < -0.3 is 14.8 Å². The van der Waals surface area contributed by atoms with E-state index in [1.165, 1.54) is 5.56 Å². The molecule has 0 aliphatic carbocycles. The van der Waals surface area contributed by atoms with Crippen LogP contribution in [0.1, 0.15) is 23.1 Å². The molecule has 0 radical (unpaired) electrons. The van der Waals surface area contributed by atoms with Crippen molar-refractivity contribution in [3.8, 4) is 17.6 Å². The number of benzene rings is 2. The first-order chi connectivity index (χ1) is 12.1. The van der Waals surface area contributed by atoms with E-state index < -0.39 is 0 Å². The molecule has 0 aliphatic rings. The van der Waals surface area contributed by atoms with Crippen molar-refractivity contribution in [1.82, 2.24) is 5.32 Å². The number of ether oxygens (including phenoxy) is 2. The van der Waals surface area contributed by atoms with Crippen LogP contribution in [0.5, 0.6) is 11.5 Å². The fraction of sp³-hybridized carbons (Fsp3) is 0.300. The quantitative estimate of drug-likeness (QED) is 0.802. The van der Waals surface area contributed by atoms with Crippen molar-refractivity contribution in [3.05, 3.63) is 59.2 Å². The first-order valence-corrected chi connectivity index (χ1v) is 8.11. The Labute approximate surface area is 148 Å². The van der Waals surface area contributed by atoms with Gasteiger partial charge in [-0.3, -0.25) is 4.79 Å². The van der Waals surface area contributed by atoms with Gasteiger partial charge in [0.25, 0.3) is 0 Å². The summed E-state index contributed by atoms with van der Waals surface area (Å²) in [5.74, 6) is 1.09. The number of nitrogens with zero attached hydrogens (tertiary/aromatic N) is 1. The van der Waals surface area contributed by atoms with E-state index in [-0.39, 0.29) is 12.5 Å². The monoisotopic (exact) mass is 338 g/mol. The zero-order chi connectivity index (χ0) is 18.1. The Morgan fingerprint density at radius 3 is 2.52 bits per heavy atom. The normalized spacial score (nSPS) is 9.96. The van der Waals surface area contributed by atoms with E-state index in [4.69, 9.17) is 14.7 Å². The first-order valence-electron chi connectivity index (χ1n) is 8.11. The van der Waals surface area contributed by atoms with Gasteiger partial charge in [-0.05, 0) is 36.6 Å². The molecule has 1 amide bonds. The minimum atomic E-state index is -0.0306. The molecule has 0 unspecified atom stereocenters. The predicted octanol–water partition coefficient (Wildman–Crippen LogP) is 3.16. The molecule has 25 heavy (non-hydrogen) atoms. The van der Waals surface area contributed by atoms with E-state index in [9.17, 15) is 4.79 Å². The average molecular weight is 338 g/mol. The maximum absolute atomic E-state index is 12.0. The number of amides is 1. The zero-order valence-corrected chi connectivity index (χ0v) is 14.5. The van der Waals surface area contributed by atoms with E-state index in [0.29, 0.717) is 30.9 Å². The second-order valence-electron chi connectivity index (χ2n) is 5.69. The molecule has 5 nitrogen and oxygen atoms in total. The molecule has 0 bridgehead atoms. The molecule has 130 valence electrons. The van der Waals surface area contributed by atoms with Gasteiger partial charge in [0.1, 0.15) is 6.07 Å². The number of carbonyl (C=O) groups is 1. The second kappa shape index (κ2) is 9.33. The second-order valence-corrected chi connectivity index (χ2v) is 5.69. The number of aryl methyl sites for hydroxylation is 2. The Morgan fingerprint density at radius 2 is 1.84 bits per heavy atom. The lowest BCUT2D eigenvalue weighted by Gasteiger charge is -2.10. The van der Waals surface area contributed by atoms with Crippen LogP contribution in [0.15, 0.2) is 42.5 Å². The molecule has 1 N–H and O–H groups in total. The maximum Gasteiger partial charge on any atom is 0.220 e. The van der Waals surface area contributed by atoms with Gasteiger partial charge >= 0.3 is 0 Å². The number of hydrogen-bond donors (Lipinski definition) is 1. The summed E-state index contributed by atoms with van der Waals surface area (Å²) in [5.41, 5.74) is 3.26. The van der Waals surface area contributed by atoms with Crippen LogP contribution in [-0.2, 0) is 17.8 Å². The lowest BCUT2D eigenvalue weighted by molar-refractivity contribution is -0.121. The van der Waals surface area contributed by atoms with Crippen molar-refractivity contribution < 1.29 is 14.3 Å². The molecule has 0 saturated carbocycles. The van der Waals surface area contributed by atoms with Crippen LogP contribution in [0.2, 0.25) is 0 Å². The highest BCUT2D eigenvalue weighted by atomic mass is 16.5. The molecule has 0 atom stereocenters. The molecular formula is C20H22N2O3. The highest BCUT2D eigenvalue weighted by Crippen LogP contribution is 2.28. The van der Waals surface area contributed by atoms with Crippen molar-refractivity contribution in [3.63, 3.8) is 0 Å². The van der Waals surface area contributed by atoms with Gasteiger partial charge in [-0.2, -0.15) is 5.26 Å². The maximum atomic E-state index is 12.0. The van der Waals surface area contributed by atoms with Gasteiger partial charge in [-0.1, -0.05) is 35.9 Å². The zero-order valence-electron chi connectivity index (χ0n) is 14.5. The summed E-state index contributed by atoms with van der Waals surface area (Å²) in [6.45, 7) is 2.54. The standard InChI is InChI=1S/C20H22N2O3/c1-15-3-5-17(6-4-15)14-22-20(23)10-8-16-7-9-18(25-12-11-21)19(13-16)24-2/h3-7,9,13H,8,10,12,14H2,1-2H3,(H,22,23). The van der Waals surface area contributed by atoms with Crippen molar-refractivity contribution in [2.45, 2.75) is 26.3 Å². The summed E-state index contributed by atoms with van der Waals surface area (Å²) in [4.78, 5) is 12.0. The van der Waals surface area contributed by atoms with Gasteiger partial charge in [0.15, 0.2) is 18.1 Å². The van der Waals surface area contributed by atoms with Gasteiger partial charge in [0, 0.05) is 13.0 Å². The largest absolute Gasteiger partial charge is 0.493 e. The van der Waals surface area contributed by atoms with E-state index >= 15 is 0 Å². The smallest absolute Gasteiger partial charge is 0.220 e. The predicted molar refractivity (Wildman–Crippen MR) is 95.4 cm³/mol. The molecular weight excluding hydrogens is 316 g/mol. The number of hydrogen-bond acceptors (Lipinski definition) is 4. The SMILES string of the molecule is COc1cc(CCC(=O)NCc2ccc(C)cc2)ccc1OCC#N. The Bertz CT molecular complexity index is 749. The topological polar surface area (TPSA) is 71.3 Å². The van der Waals surface area contributed by atoms with Crippen LogP contribution < -0.4 is 14.8 Å². The van der Waals surface area contributed by atoms with Crippen LogP contribution in [0.4, 0.5) is 0 Å². The summed E-state index contributed by atoms with van der Waals surface area (Å²) < 4.78 is 10.6. The van der Waals surface area contributed by atoms with Crippen molar-refractivity contribution in [1.29, 1.82) is 5.26 Å². The van der Waals surface area contributed by atoms with Crippen molar-refractivity contribution >= 4 is 5.91 Å². The number of rotatable bonds is 8. The van der Waals surface area contributed by atoms with E-state index in [2.05, 4.69) is 5.32 Å². The molecule has 5 heteroatoms. The highest BCUT2D eigenvalue weighted by molar-refractivity contribution is 5.76. The lowest BCUT2D eigenvalue weighted by Crippen LogP contribution is -2.22. The summed E-state index contributed by atoms with van der Waals surface area (Å²) in [6, 6.07) is 15.5. The molecule has 0 aromatic heterocycles. The number of nitriles is 1. The van der Waals surface area contributed by atoms with Crippen LogP contribution in [0.25, 0.3) is 0 Å². The Balaban J connectivity index is 1.84. The minimum absolute atomic E-state index is 0.00403. The minimum Gasteiger partial charge on any atom is -0.493 e. The molecule has 0 saturated heterocycles. The number of nitrogens with one attached hydrogen (secondary N) is 1. The van der Waals surface area contributed by atoms with Gasteiger partial charge in [0.2, 0.25) is 5.91 Å². The van der Waals surface area contributed by atoms with Gasteiger partial charge in [-0.25, -0.2) is 0 Å². The summed E-state index contributed by atoms with van der Waals surface area (Å²) in [6.07, 6.45) is 1.00. The fourth-order valence-corrected chi connectivity index (χ4v) is 2.35. The molecule has 0 fully saturated rings. The van der Waals surface area contributed by atoms with E-state index in [1.807, 2.05) is 49.4 Å². The van der Waals surface area contributed by atoms with Crippen LogP contribution >= 0.6 is 0 Å². The summed E-state index contributed by atoms with van der Waals surface area (Å²) in [7, 11) is 1.55. The van der Waals surface area contributed by atoms with Gasteiger partial charge in [-0.15, -0.1) is 0 Å². The molecule has 0 heterocycles. The number of carbonyl (C=O) groups excluding carboxylic acids is 1. The number of methoxy groups -OCH3 is 1. The Morgan fingerprint density at radius 1 is 1.12 bits per heavy atom. The lowest BCUT2D eigenvalue weighted by atomic mass is 10.1. The molecule has 2 aromatic rings. The van der Waals surface area contributed by atoms with Gasteiger partial charge in [0.05, 0.1) is 7.11 Å². The summed E-state index contributed by atoms with van der Waals surface area (Å²) >= 11 is 0. The third-order valence-electron chi connectivity index (χ3n) is 3.77. The van der Waals surface area contributed by atoms with Crippen molar-refractivity contribution in [2.75, 3.05) is 13.7 Å². The Kier molecular flexibility index (Phi) is 6.85. The van der Waals surface area contributed by atoms with Crippen LogP contribution in [0, 0.1) is 18.3 Å². The fourth-order valence-electron chi connectivity index (χ4n) is 2.35. The van der Waals surface area contributed by atoms with Crippen LogP contribution in [0.3, 0.4) is 0 Å². The first kappa shape index (κ1) is 18.3. The summed E-state index contributed by atoms with van der Waals surface area (Å²) in [5, 5.41) is 11.5. The van der Waals surface area contributed by atoms with Crippen LogP contribution in [-0.4, -0.2) is 19.6 Å². The molecule has 0 spiro atoms. The molecule has 2 aromatic carbocycles. The Hall–Kier alpha value is -3.00. The highest BCUT2D eigenvalue weighted by Gasteiger charge is 2.08. The van der Waals surface area contributed by atoms with E-state index in [1.54, 1.807) is 13.2 Å². The molecule has 0 aliphatic heterocycles. The average Bonchev–Trinajstić information content (AvgIpc) is 2.64.